The second kappa shape index (κ2) is 8.08. The lowest BCUT2D eigenvalue weighted by Gasteiger charge is -2.15. The van der Waals surface area contributed by atoms with Gasteiger partial charge in [0.1, 0.15) is 5.69 Å². The van der Waals surface area contributed by atoms with Crippen molar-refractivity contribution in [2.24, 2.45) is 0 Å². The van der Waals surface area contributed by atoms with Crippen LogP contribution in [0.25, 0.3) is 22.6 Å². The van der Waals surface area contributed by atoms with Crippen LogP contribution in [-0.2, 0) is 6.42 Å². The molecule has 0 saturated carbocycles. The molecule has 2 aromatic heterocycles. The van der Waals surface area contributed by atoms with E-state index in [1.165, 1.54) is 0 Å². The number of fused-ring (bicyclic) bond motifs is 1. The van der Waals surface area contributed by atoms with Crippen molar-refractivity contribution in [1.82, 2.24) is 15.0 Å². The molecule has 0 unspecified atom stereocenters. The third-order valence-corrected chi connectivity index (χ3v) is 5.46. The van der Waals surface area contributed by atoms with Crippen LogP contribution >= 0.6 is 0 Å². The summed E-state index contributed by atoms with van der Waals surface area (Å²) in [6.45, 7) is 2.31. The number of ether oxygens (including phenoxy) is 2. The van der Waals surface area contributed by atoms with Crippen LogP contribution in [0, 0.1) is 11.3 Å². The first-order valence-corrected chi connectivity index (χ1v) is 10.4. The monoisotopic (exact) mass is 423 g/mol. The number of hydrogen-bond donors (Lipinski definition) is 1. The molecular formula is C25H21N5O2. The predicted molar refractivity (Wildman–Crippen MR) is 122 cm³/mol. The summed E-state index contributed by atoms with van der Waals surface area (Å²) in [6.07, 6.45) is 0.847. The van der Waals surface area contributed by atoms with Gasteiger partial charge in [-0.1, -0.05) is 13.0 Å². The Morgan fingerprint density at radius 3 is 2.62 bits per heavy atom. The third kappa shape index (κ3) is 3.52. The van der Waals surface area contributed by atoms with E-state index in [9.17, 15) is 0 Å². The highest BCUT2D eigenvalue weighted by molar-refractivity contribution is 5.80. The lowest BCUT2D eigenvalue weighted by molar-refractivity contribution is 0.174. The van der Waals surface area contributed by atoms with Gasteiger partial charge >= 0.3 is 0 Å². The summed E-state index contributed by atoms with van der Waals surface area (Å²) in [7, 11) is 1.93. The zero-order valence-corrected chi connectivity index (χ0v) is 17.8. The van der Waals surface area contributed by atoms with Gasteiger partial charge < -0.3 is 19.4 Å². The molecule has 2 aromatic carbocycles. The number of nitriles is 1. The third-order valence-electron chi connectivity index (χ3n) is 5.46. The van der Waals surface area contributed by atoms with Gasteiger partial charge in [-0.25, -0.2) is 4.98 Å². The van der Waals surface area contributed by atoms with Gasteiger partial charge in [0.25, 0.3) is 0 Å². The standard InChI is InChI=1S/C25H21N5O2/c1-3-18-5-4-6-20(27-18)24-23(17-9-12-21-22(13-17)32-15-31-21)28-25(29-24)30(2)19-10-7-16(14-26)8-11-19/h4-13H,3,15H2,1-2H3,(H,28,29). The van der Waals surface area contributed by atoms with E-state index in [0.29, 0.717) is 17.3 Å². The molecule has 0 spiro atoms. The average molecular weight is 423 g/mol. The highest BCUT2D eigenvalue weighted by Gasteiger charge is 2.21. The van der Waals surface area contributed by atoms with Crippen molar-refractivity contribution < 1.29 is 9.47 Å². The molecule has 4 aromatic rings. The van der Waals surface area contributed by atoms with Crippen LogP contribution in [-0.4, -0.2) is 28.8 Å². The molecule has 0 radical (unpaired) electrons. The molecule has 7 nitrogen and oxygen atoms in total. The zero-order chi connectivity index (χ0) is 22.1. The fraction of sp³-hybridized carbons (Fsp3) is 0.160. The van der Waals surface area contributed by atoms with Crippen LogP contribution in [0.1, 0.15) is 18.2 Å². The lowest BCUT2D eigenvalue weighted by Crippen LogP contribution is -2.11. The van der Waals surface area contributed by atoms with Gasteiger partial charge in [0, 0.05) is 24.0 Å². The van der Waals surface area contributed by atoms with Crippen molar-refractivity contribution in [2.45, 2.75) is 13.3 Å². The molecule has 1 aliphatic rings. The Labute approximate surface area is 185 Å². The Kier molecular flexibility index (Phi) is 4.96. The second-order valence-electron chi connectivity index (χ2n) is 7.44. The zero-order valence-electron chi connectivity index (χ0n) is 17.8. The summed E-state index contributed by atoms with van der Waals surface area (Å²) in [5, 5.41) is 9.08. The molecule has 3 heterocycles. The van der Waals surface area contributed by atoms with Crippen LogP contribution in [0.4, 0.5) is 11.6 Å². The Balaban J connectivity index is 1.62. The topological polar surface area (TPSA) is 87.1 Å². The van der Waals surface area contributed by atoms with Gasteiger partial charge in [0.15, 0.2) is 11.5 Å². The van der Waals surface area contributed by atoms with Crippen molar-refractivity contribution in [3.63, 3.8) is 0 Å². The van der Waals surface area contributed by atoms with Gasteiger partial charge in [0.2, 0.25) is 12.7 Å². The van der Waals surface area contributed by atoms with Gasteiger partial charge in [0.05, 0.1) is 23.0 Å². The van der Waals surface area contributed by atoms with E-state index >= 15 is 0 Å². The highest BCUT2D eigenvalue weighted by Crippen LogP contribution is 2.39. The summed E-state index contributed by atoms with van der Waals surface area (Å²) in [5.74, 6) is 2.10. The number of hydrogen-bond acceptors (Lipinski definition) is 6. The fourth-order valence-electron chi connectivity index (χ4n) is 3.66. The van der Waals surface area contributed by atoms with E-state index in [-0.39, 0.29) is 6.79 Å². The Morgan fingerprint density at radius 2 is 1.84 bits per heavy atom. The van der Waals surface area contributed by atoms with Crippen molar-refractivity contribution in [3.8, 4) is 40.2 Å². The fourth-order valence-corrected chi connectivity index (χ4v) is 3.66. The number of aromatic amines is 1. The Morgan fingerprint density at radius 1 is 1.03 bits per heavy atom. The molecule has 158 valence electrons. The van der Waals surface area contributed by atoms with E-state index in [2.05, 4.69) is 18.0 Å². The second-order valence-corrected chi connectivity index (χ2v) is 7.44. The molecule has 1 N–H and O–H groups in total. The van der Waals surface area contributed by atoms with Crippen LogP contribution in [0.15, 0.2) is 60.7 Å². The average Bonchev–Trinajstić information content (AvgIpc) is 3.50. The minimum Gasteiger partial charge on any atom is -0.454 e. The molecule has 0 bridgehead atoms. The number of rotatable bonds is 5. The van der Waals surface area contributed by atoms with E-state index in [4.69, 9.17) is 24.7 Å². The van der Waals surface area contributed by atoms with Gasteiger partial charge in [-0.3, -0.25) is 4.98 Å². The first-order chi connectivity index (χ1) is 15.7. The van der Waals surface area contributed by atoms with Crippen molar-refractivity contribution in [2.75, 3.05) is 18.7 Å². The summed E-state index contributed by atoms with van der Waals surface area (Å²) in [6, 6.07) is 21.4. The molecule has 0 fully saturated rings. The molecule has 0 aliphatic carbocycles. The largest absolute Gasteiger partial charge is 0.454 e. The van der Waals surface area contributed by atoms with Gasteiger partial charge in [-0.05, 0) is 61.0 Å². The number of aromatic nitrogens is 3. The van der Waals surface area contributed by atoms with Crippen LogP contribution in [0.5, 0.6) is 11.5 Å². The maximum Gasteiger partial charge on any atom is 0.231 e. The van der Waals surface area contributed by atoms with Gasteiger partial charge in [-0.2, -0.15) is 5.26 Å². The molecule has 32 heavy (non-hydrogen) atoms. The molecular weight excluding hydrogens is 402 g/mol. The molecule has 0 saturated heterocycles. The minimum absolute atomic E-state index is 0.221. The molecule has 5 rings (SSSR count). The van der Waals surface area contributed by atoms with E-state index < -0.39 is 0 Å². The van der Waals surface area contributed by atoms with Gasteiger partial charge in [-0.15, -0.1) is 0 Å². The van der Waals surface area contributed by atoms with Crippen molar-refractivity contribution in [1.29, 1.82) is 5.26 Å². The number of imidazole rings is 1. The maximum atomic E-state index is 9.08. The number of H-pyrrole nitrogens is 1. The van der Waals surface area contributed by atoms with E-state index in [0.717, 1.165) is 46.2 Å². The maximum absolute atomic E-state index is 9.08. The number of aryl methyl sites for hydroxylation is 1. The summed E-state index contributed by atoms with van der Waals surface area (Å²) >= 11 is 0. The first-order valence-electron chi connectivity index (χ1n) is 10.4. The quantitative estimate of drug-likeness (QED) is 0.482. The summed E-state index contributed by atoms with van der Waals surface area (Å²) < 4.78 is 11.0. The first kappa shape index (κ1) is 19.6. The Bertz CT molecular complexity index is 1320. The van der Waals surface area contributed by atoms with Crippen molar-refractivity contribution >= 4 is 11.6 Å². The molecule has 7 heteroatoms. The van der Waals surface area contributed by atoms with Crippen LogP contribution in [0.3, 0.4) is 0 Å². The van der Waals surface area contributed by atoms with Crippen molar-refractivity contribution in [3.05, 3.63) is 71.9 Å². The number of nitrogens with zero attached hydrogens (tertiary/aromatic N) is 4. The SMILES string of the molecule is CCc1cccc(-c2[nH]c(N(C)c3ccc(C#N)cc3)nc2-c2ccc3c(c2)OCO3)n1. The van der Waals surface area contributed by atoms with E-state index in [1.54, 1.807) is 12.1 Å². The smallest absolute Gasteiger partial charge is 0.231 e. The normalized spacial score (nSPS) is 11.9. The van der Waals surface area contributed by atoms with Crippen LogP contribution < -0.4 is 14.4 Å². The number of anilines is 2. The predicted octanol–water partition coefficient (Wildman–Crippen LogP) is 5.07. The highest BCUT2D eigenvalue weighted by atomic mass is 16.7. The van der Waals surface area contributed by atoms with Crippen LogP contribution in [0.2, 0.25) is 0 Å². The number of benzene rings is 2. The summed E-state index contributed by atoms with van der Waals surface area (Å²) in [4.78, 5) is 15.1. The number of pyridine rings is 1. The molecule has 0 amide bonds. The summed E-state index contributed by atoms with van der Waals surface area (Å²) in [5.41, 5.74) is 5.87. The van der Waals surface area contributed by atoms with E-state index in [1.807, 2.05) is 60.5 Å². The lowest BCUT2D eigenvalue weighted by atomic mass is 10.1. The molecule has 1 aliphatic heterocycles. The Hall–Kier alpha value is -4.31. The number of nitrogens with one attached hydrogen (secondary N) is 1. The molecule has 0 atom stereocenters. The minimum atomic E-state index is 0.221.